The molecule has 0 bridgehead atoms. The fourth-order valence-corrected chi connectivity index (χ4v) is 1.50. The van der Waals surface area contributed by atoms with Crippen molar-refractivity contribution >= 4 is 11.9 Å². The Labute approximate surface area is 123 Å². The van der Waals surface area contributed by atoms with Crippen LogP contribution in [0.15, 0.2) is 30.3 Å². The van der Waals surface area contributed by atoms with E-state index in [-0.39, 0.29) is 12.1 Å². The molecular formula is C14H22N2O5. The van der Waals surface area contributed by atoms with Gasteiger partial charge in [-0.15, -0.1) is 0 Å². The van der Waals surface area contributed by atoms with Crippen molar-refractivity contribution in [2.24, 2.45) is 5.84 Å². The lowest BCUT2D eigenvalue weighted by Crippen LogP contribution is -2.43. The van der Waals surface area contributed by atoms with Gasteiger partial charge in [-0.1, -0.05) is 37.3 Å². The molecule has 1 rings (SSSR count). The van der Waals surface area contributed by atoms with E-state index in [2.05, 4.69) is 24.5 Å². The van der Waals surface area contributed by atoms with E-state index in [0.717, 1.165) is 6.42 Å². The highest BCUT2D eigenvalue weighted by molar-refractivity contribution is 6.27. The Morgan fingerprint density at radius 1 is 1.24 bits per heavy atom. The summed E-state index contributed by atoms with van der Waals surface area (Å²) in [5.74, 6) is 1.78. The van der Waals surface area contributed by atoms with Crippen LogP contribution in [0.3, 0.4) is 0 Å². The van der Waals surface area contributed by atoms with Crippen LogP contribution in [0.4, 0.5) is 0 Å². The summed E-state index contributed by atoms with van der Waals surface area (Å²) in [6.45, 7) is 4.77. The third-order valence-corrected chi connectivity index (χ3v) is 2.76. The Kier molecular flexibility index (Phi) is 9.78. The molecule has 0 aliphatic carbocycles. The topological polar surface area (TPSA) is 122 Å². The first-order valence-corrected chi connectivity index (χ1v) is 6.50. The summed E-state index contributed by atoms with van der Waals surface area (Å²) in [6, 6.07) is 10.4. The maximum absolute atomic E-state index is 9.10. The number of hydrazine groups is 1. The first-order valence-electron chi connectivity index (χ1n) is 6.50. The molecule has 0 saturated heterocycles. The number of hydrogen-bond donors (Lipinski definition) is 4. The van der Waals surface area contributed by atoms with Crippen molar-refractivity contribution in [1.82, 2.24) is 5.43 Å². The van der Waals surface area contributed by atoms with Crippen LogP contribution in [-0.2, 0) is 20.9 Å². The number of carboxylic acids is 2. The van der Waals surface area contributed by atoms with E-state index in [0.29, 0.717) is 6.61 Å². The van der Waals surface area contributed by atoms with Crippen molar-refractivity contribution in [2.45, 2.75) is 39.0 Å². The van der Waals surface area contributed by atoms with E-state index in [1.165, 1.54) is 5.56 Å². The highest BCUT2D eigenvalue weighted by atomic mass is 16.5. The molecule has 21 heavy (non-hydrogen) atoms. The molecule has 1 aromatic rings. The second-order valence-corrected chi connectivity index (χ2v) is 4.29. The highest BCUT2D eigenvalue weighted by Crippen LogP contribution is 2.07. The number of carbonyl (C=O) groups is 2. The molecule has 0 fully saturated rings. The number of ether oxygens (including phenoxy) is 1. The van der Waals surface area contributed by atoms with Crippen molar-refractivity contribution in [1.29, 1.82) is 0 Å². The van der Waals surface area contributed by atoms with Crippen molar-refractivity contribution < 1.29 is 24.5 Å². The van der Waals surface area contributed by atoms with Crippen LogP contribution in [-0.4, -0.2) is 34.3 Å². The van der Waals surface area contributed by atoms with Crippen molar-refractivity contribution in [3.63, 3.8) is 0 Å². The van der Waals surface area contributed by atoms with E-state index in [1.807, 2.05) is 25.1 Å². The van der Waals surface area contributed by atoms with E-state index in [9.17, 15) is 0 Å². The third kappa shape index (κ3) is 8.74. The molecule has 0 heterocycles. The number of benzene rings is 1. The summed E-state index contributed by atoms with van der Waals surface area (Å²) >= 11 is 0. The smallest absolute Gasteiger partial charge is 0.414 e. The molecule has 0 aliphatic rings. The fourth-order valence-electron chi connectivity index (χ4n) is 1.50. The maximum atomic E-state index is 9.10. The van der Waals surface area contributed by atoms with E-state index in [1.54, 1.807) is 0 Å². The lowest BCUT2D eigenvalue weighted by atomic mass is 10.1. The number of nitrogens with one attached hydrogen (secondary N) is 1. The molecule has 0 spiro atoms. The summed E-state index contributed by atoms with van der Waals surface area (Å²) < 4.78 is 5.73. The minimum absolute atomic E-state index is 0.125. The van der Waals surface area contributed by atoms with Crippen LogP contribution in [0, 0.1) is 0 Å². The van der Waals surface area contributed by atoms with Gasteiger partial charge >= 0.3 is 11.9 Å². The SMILES string of the molecule is CC[C@H](NN)[C@@H](C)OCc1ccccc1.O=C(O)C(=O)O. The van der Waals surface area contributed by atoms with Gasteiger partial charge in [-0.2, -0.15) is 0 Å². The standard InChI is InChI=1S/C12H20N2O.C2H2O4/c1-3-12(14-13)10(2)15-9-11-7-5-4-6-8-11;3-1(4)2(5)6/h4-8,10,12,14H,3,9,13H2,1-2H3;(H,3,4)(H,5,6)/t10-,12+;/m1./s1. The number of aliphatic carboxylic acids is 2. The monoisotopic (exact) mass is 298 g/mol. The quantitative estimate of drug-likeness (QED) is 0.351. The summed E-state index contributed by atoms with van der Waals surface area (Å²) in [6.07, 6.45) is 1.09. The van der Waals surface area contributed by atoms with Gasteiger partial charge in [0.15, 0.2) is 0 Å². The van der Waals surface area contributed by atoms with Gasteiger partial charge in [-0.05, 0) is 18.9 Å². The molecule has 0 aromatic heterocycles. The Morgan fingerprint density at radius 2 is 1.76 bits per heavy atom. The number of hydrogen-bond acceptors (Lipinski definition) is 5. The van der Waals surface area contributed by atoms with Gasteiger partial charge < -0.3 is 14.9 Å². The third-order valence-electron chi connectivity index (χ3n) is 2.76. The van der Waals surface area contributed by atoms with E-state index in [4.69, 9.17) is 30.4 Å². The Balaban J connectivity index is 0.000000567. The number of carboxylic acid groups (broad SMARTS) is 2. The largest absolute Gasteiger partial charge is 0.473 e. The molecule has 0 aliphatic heterocycles. The molecule has 0 saturated carbocycles. The van der Waals surface area contributed by atoms with Crippen molar-refractivity contribution in [3.05, 3.63) is 35.9 Å². The van der Waals surface area contributed by atoms with Crippen molar-refractivity contribution in [2.75, 3.05) is 0 Å². The van der Waals surface area contributed by atoms with Gasteiger partial charge in [0.05, 0.1) is 12.7 Å². The van der Waals surface area contributed by atoms with E-state index >= 15 is 0 Å². The summed E-state index contributed by atoms with van der Waals surface area (Å²) in [4.78, 5) is 18.2. The average molecular weight is 298 g/mol. The Morgan fingerprint density at radius 3 is 2.14 bits per heavy atom. The molecule has 2 atom stereocenters. The number of nitrogens with two attached hydrogens (primary N) is 1. The molecule has 0 unspecified atom stereocenters. The zero-order valence-electron chi connectivity index (χ0n) is 12.2. The highest BCUT2D eigenvalue weighted by Gasteiger charge is 2.13. The van der Waals surface area contributed by atoms with Gasteiger partial charge in [0.1, 0.15) is 0 Å². The van der Waals surface area contributed by atoms with Crippen LogP contribution in [0.5, 0.6) is 0 Å². The molecule has 118 valence electrons. The summed E-state index contributed by atoms with van der Waals surface area (Å²) in [5.41, 5.74) is 3.95. The molecule has 5 N–H and O–H groups in total. The van der Waals surface area contributed by atoms with Gasteiger partial charge in [0.25, 0.3) is 0 Å². The predicted octanol–water partition coefficient (Wildman–Crippen LogP) is 0.989. The number of rotatable bonds is 6. The van der Waals surface area contributed by atoms with Gasteiger partial charge in [-0.25, -0.2) is 9.59 Å². The lowest BCUT2D eigenvalue weighted by Gasteiger charge is -2.22. The van der Waals surface area contributed by atoms with Crippen LogP contribution in [0.2, 0.25) is 0 Å². The first kappa shape index (κ1) is 19.0. The molecular weight excluding hydrogens is 276 g/mol. The zero-order chi connectivity index (χ0) is 16.3. The lowest BCUT2D eigenvalue weighted by molar-refractivity contribution is -0.159. The molecule has 0 amide bonds. The Hall–Kier alpha value is -1.96. The Bertz CT molecular complexity index is 409. The van der Waals surface area contributed by atoms with Crippen LogP contribution in [0.1, 0.15) is 25.8 Å². The minimum Gasteiger partial charge on any atom is -0.473 e. The maximum Gasteiger partial charge on any atom is 0.414 e. The van der Waals surface area contributed by atoms with Gasteiger partial charge in [-0.3, -0.25) is 11.3 Å². The summed E-state index contributed by atoms with van der Waals surface area (Å²) in [7, 11) is 0. The van der Waals surface area contributed by atoms with Crippen LogP contribution < -0.4 is 11.3 Å². The normalized spacial score (nSPS) is 12.7. The average Bonchev–Trinajstić information content (AvgIpc) is 2.48. The molecule has 0 radical (unpaired) electrons. The molecule has 7 heteroatoms. The van der Waals surface area contributed by atoms with Gasteiger partial charge in [0, 0.05) is 6.04 Å². The van der Waals surface area contributed by atoms with Crippen molar-refractivity contribution in [3.8, 4) is 0 Å². The van der Waals surface area contributed by atoms with Crippen LogP contribution >= 0.6 is 0 Å². The fraction of sp³-hybridized carbons (Fsp3) is 0.429. The zero-order valence-corrected chi connectivity index (χ0v) is 12.2. The first-order chi connectivity index (χ1) is 9.92. The van der Waals surface area contributed by atoms with Gasteiger partial charge in [0.2, 0.25) is 0 Å². The van der Waals surface area contributed by atoms with Crippen LogP contribution in [0.25, 0.3) is 0 Å². The minimum atomic E-state index is -1.82. The summed E-state index contributed by atoms with van der Waals surface area (Å²) in [5, 5.41) is 14.8. The predicted molar refractivity (Wildman–Crippen MR) is 77.4 cm³/mol. The molecule has 1 aromatic carbocycles. The second kappa shape index (κ2) is 10.8. The second-order valence-electron chi connectivity index (χ2n) is 4.29. The van der Waals surface area contributed by atoms with E-state index < -0.39 is 11.9 Å². The molecule has 7 nitrogen and oxygen atoms in total.